The van der Waals surface area contributed by atoms with Crippen LogP contribution in [-0.4, -0.2) is 71.6 Å². The first kappa shape index (κ1) is 16.1. The molecule has 2 bridgehead atoms. The van der Waals surface area contributed by atoms with Gasteiger partial charge < -0.3 is 14.2 Å². The number of thioether (sulfide) groups is 3. The van der Waals surface area contributed by atoms with E-state index in [1.165, 1.54) is 30.1 Å². The van der Waals surface area contributed by atoms with Gasteiger partial charge in [-0.15, -0.1) is 0 Å². The van der Waals surface area contributed by atoms with Gasteiger partial charge in [-0.3, -0.25) is 0 Å². The maximum atomic E-state index is 6.38. The zero-order valence-corrected chi connectivity index (χ0v) is 15.9. The van der Waals surface area contributed by atoms with Crippen molar-refractivity contribution in [1.82, 2.24) is 0 Å². The second-order valence-corrected chi connectivity index (χ2v) is 11.7. The Labute approximate surface area is 151 Å². The molecule has 3 aliphatic heterocycles. The van der Waals surface area contributed by atoms with Crippen molar-refractivity contribution in [3.63, 3.8) is 0 Å². The zero-order valence-electron chi connectivity index (χ0n) is 13.4. The van der Waals surface area contributed by atoms with Crippen molar-refractivity contribution in [3.05, 3.63) is 0 Å². The molecule has 5 aliphatic rings. The molecule has 5 rings (SSSR count). The van der Waals surface area contributed by atoms with Crippen LogP contribution in [0.5, 0.6) is 0 Å². The van der Waals surface area contributed by atoms with Gasteiger partial charge in [0, 0.05) is 39.6 Å². The lowest BCUT2D eigenvalue weighted by molar-refractivity contribution is -0.112. The molecule has 0 spiro atoms. The van der Waals surface area contributed by atoms with Gasteiger partial charge in [0.15, 0.2) is 0 Å². The smallest absolute Gasteiger partial charge is 0.0871 e. The summed E-state index contributed by atoms with van der Waals surface area (Å²) in [4.78, 5) is 0. The summed E-state index contributed by atoms with van der Waals surface area (Å²) >= 11 is 6.09. The lowest BCUT2D eigenvalue weighted by atomic mass is 9.85. The fourth-order valence-electron chi connectivity index (χ4n) is 4.31. The second kappa shape index (κ2) is 6.92. The van der Waals surface area contributed by atoms with Crippen LogP contribution in [0.15, 0.2) is 0 Å². The van der Waals surface area contributed by atoms with Crippen molar-refractivity contribution < 1.29 is 14.2 Å². The van der Waals surface area contributed by atoms with Gasteiger partial charge in [0.2, 0.25) is 0 Å². The fourth-order valence-corrected chi connectivity index (χ4v) is 5.54. The molecule has 0 aromatic carbocycles. The number of hydrogen-bond donors (Lipinski definition) is 0. The molecule has 130 valence electrons. The minimum atomic E-state index is 0.336. The van der Waals surface area contributed by atoms with E-state index in [1.54, 1.807) is 0 Å². The minimum Gasteiger partial charge on any atom is -0.380 e. The van der Waals surface area contributed by atoms with Crippen molar-refractivity contribution >= 4 is 35.3 Å². The third kappa shape index (κ3) is 4.03. The van der Waals surface area contributed by atoms with Crippen molar-refractivity contribution in [1.29, 1.82) is 0 Å². The molecule has 0 aromatic heterocycles. The molecule has 3 heterocycles. The molecule has 6 heteroatoms. The maximum absolute atomic E-state index is 6.38. The highest BCUT2D eigenvalue weighted by Crippen LogP contribution is 2.52. The molecular formula is C17H26O3S3. The van der Waals surface area contributed by atoms with Gasteiger partial charge >= 0.3 is 0 Å². The van der Waals surface area contributed by atoms with Gasteiger partial charge in [-0.2, -0.15) is 35.3 Å². The summed E-state index contributed by atoms with van der Waals surface area (Å²) in [5.41, 5.74) is 0. The van der Waals surface area contributed by atoms with E-state index >= 15 is 0 Å². The Balaban J connectivity index is 1.16. The topological polar surface area (TPSA) is 27.7 Å². The molecule has 8 unspecified atom stereocenters. The Morgan fingerprint density at radius 3 is 1.96 bits per heavy atom. The molecule has 3 nitrogen and oxygen atoms in total. The third-order valence-corrected chi connectivity index (χ3v) is 8.61. The van der Waals surface area contributed by atoms with E-state index in [-0.39, 0.29) is 0 Å². The van der Waals surface area contributed by atoms with Crippen LogP contribution in [0.1, 0.15) is 12.8 Å². The van der Waals surface area contributed by atoms with Crippen molar-refractivity contribution in [2.45, 2.75) is 40.8 Å². The van der Waals surface area contributed by atoms with Crippen LogP contribution in [0, 0.1) is 17.8 Å². The summed E-state index contributed by atoms with van der Waals surface area (Å²) in [6, 6.07) is 0. The molecule has 5 fully saturated rings. The monoisotopic (exact) mass is 374 g/mol. The Morgan fingerprint density at radius 2 is 1.30 bits per heavy atom. The first-order chi connectivity index (χ1) is 11.4. The molecule has 0 aromatic rings. The van der Waals surface area contributed by atoms with E-state index in [0.717, 1.165) is 42.2 Å². The van der Waals surface area contributed by atoms with Crippen LogP contribution in [0.25, 0.3) is 0 Å². The highest BCUT2D eigenvalue weighted by Gasteiger charge is 2.54. The number of hydrogen-bond acceptors (Lipinski definition) is 6. The first-order valence-corrected chi connectivity index (χ1v) is 12.2. The average Bonchev–Trinajstić information content (AvgIpc) is 3.40. The van der Waals surface area contributed by atoms with Crippen LogP contribution in [-0.2, 0) is 14.2 Å². The molecule has 0 N–H and O–H groups in total. The Kier molecular flexibility index (Phi) is 4.85. The second-order valence-electron chi connectivity index (χ2n) is 7.65. The predicted octanol–water partition coefficient (Wildman–Crippen LogP) is 2.78. The SMILES string of the molecule is C(OCC1CC2CC1C(OCC1CS1)C2OCC1CS1)C1CS1. The van der Waals surface area contributed by atoms with Gasteiger partial charge in [-0.25, -0.2) is 0 Å². The summed E-state index contributed by atoms with van der Waals surface area (Å²) in [6.07, 6.45) is 3.29. The van der Waals surface area contributed by atoms with E-state index in [9.17, 15) is 0 Å². The van der Waals surface area contributed by atoms with Gasteiger partial charge in [-0.05, 0) is 30.6 Å². The molecule has 0 radical (unpaired) electrons. The molecule has 23 heavy (non-hydrogen) atoms. The van der Waals surface area contributed by atoms with Crippen LogP contribution < -0.4 is 0 Å². The normalized spacial score (nSPS) is 49.6. The van der Waals surface area contributed by atoms with Crippen LogP contribution in [0.4, 0.5) is 0 Å². The Morgan fingerprint density at radius 1 is 0.696 bits per heavy atom. The van der Waals surface area contributed by atoms with Gasteiger partial charge in [0.05, 0.1) is 32.0 Å². The zero-order chi connectivity index (χ0) is 15.2. The summed E-state index contributed by atoms with van der Waals surface area (Å²) in [6.45, 7) is 3.78. The lowest BCUT2D eigenvalue weighted by Gasteiger charge is -2.35. The molecule has 8 atom stereocenters. The van der Waals surface area contributed by atoms with E-state index in [0.29, 0.717) is 30.0 Å². The number of fused-ring (bicyclic) bond motifs is 2. The number of ether oxygens (including phenoxy) is 3. The van der Waals surface area contributed by atoms with Crippen molar-refractivity contribution in [2.24, 2.45) is 17.8 Å². The fraction of sp³-hybridized carbons (Fsp3) is 1.00. The van der Waals surface area contributed by atoms with Crippen molar-refractivity contribution in [2.75, 3.05) is 43.7 Å². The summed E-state index contributed by atoms with van der Waals surface area (Å²) in [5.74, 6) is 5.97. The maximum Gasteiger partial charge on any atom is 0.0871 e. The summed E-state index contributed by atoms with van der Waals surface area (Å²) in [7, 11) is 0. The van der Waals surface area contributed by atoms with E-state index in [4.69, 9.17) is 14.2 Å². The van der Waals surface area contributed by atoms with Gasteiger partial charge in [-0.1, -0.05) is 0 Å². The van der Waals surface area contributed by atoms with Crippen molar-refractivity contribution in [3.8, 4) is 0 Å². The Hall–Kier alpha value is 0.930. The Bertz CT molecular complexity index is 423. The molecule has 0 amide bonds. The average molecular weight is 375 g/mol. The predicted molar refractivity (Wildman–Crippen MR) is 98.7 cm³/mol. The number of rotatable bonds is 10. The standard InChI is InChI=1S/C17H26O3S3/c1-10-2-15(11(1)3-18-4-12-7-21-12)17(20-6-14-9-23-14)16(10)19-5-13-8-22-13/h10-17H,1-9H2. The first-order valence-electron chi connectivity index (χ1n) is 9.02. The highest BCUT2D eigenvalue weighted by molar-refractivity contribution is 8.07. The highest BCUT2D eigenvalue weighted by atomic mass is 32.2. The van der Waals surface area contributed by atoms with Gasteiger partial charge in [0.1, 0.15) is 0 Å². The molecule has 2 saturated carbocycles. The van der Waals surface area contributed by atoms with Crippen LogP contribution in [0.2, 0.25) is 0 Å². The third-order valence-electron chi connectivity index (χ3n) is 5.79. The minimum absolute atomic E-state index is 0.336. The van der Waals surface area contributed by atoms with E-state index in [1.807, 2.05) is 35.3 Å². The summed E-state index contributed by atoms with van der Waals surface area (Å²) < 4.78 is 18.7. The molecular weight excluding hydrogens is 348 g/mol. The molecule has 3 saturated heterocycles. The quantitative estimate of drug-likeness (QED) is 0.546. The van der Waals surface area contributed by atoms with Crippen LogP contribution >= 0.6 is 35.3 Å². The van der Waals surface area contributed by atoms with Crippen LogP contribution in [0.3, 0.4) is 0 Å². The van der Waals surface area contributed by atoms with E-state index < -0.39 is 0 Å². The van der Waals surface area contributed by atoms with E-state index in [2.05, 4.69) is 0 Å². The van der Waals surface area contributed by atoms with Gasteiger partial charge in [0.25, 0.3) is 0 Å². The lowest BCUT2D eigenvalue weighted by Crippen LogP contribution is -2.43. The largest absolute Gasteiger partial charge is 0.380 e. The summed E-state index contributed by atoms with van der Waals surface area (Å²) in [5, 5.41) is 2.32. The molecule has 2 aliphatic carbocycles.